The van der Waals surface area contributed by atoms with Crippen molar-refractivity contribution in [3.63, 3.8) is 0 Å². The molecule has 26 heavy (non-hydrogen) atoms. The molecule has 1 atom stereocenters. The van der Waals surface area contributed by atoms with Crippen LogP contribution < -0.4 is 4.74 Å². The summed E-state index contributed by atoms with van der Waals surface area (Å²) in [4.78, 5) is 2.39. The van der Waals surface area contributed by atoms with Gasteiger partial charge in [-0.15, -0.1) is 0 Å². The van der Waals surface area contributed by atoms with E-state index in [1.165, 1.54) is 12.1 Å². The molecule has 0 amide bonds. The fourth-order valence-electron chi connectivity index (χ4n) is 3.70. The zero-order valence-electron chi connectivity index (χ0n) is 15.1. The van der Waals surface area contributed by atoms with Crippen molar-refractivity contribution in [2.45, 2.75) is 25.4 Å². The molecule has 1 saturated heterocycles. The van der Waals surface area contributed by atoms with E-state index in [9.17, 15) is 9.50 Å². The van der Waals surface area contributed by atoms with E-state index in [0.717, 1.165) is 44.5 Å². The van der Waals surface area contributed by atoms with Gasteiger partial charge in [-0.2, -0.15) is 0 Å². The van der Waals surface area contributed by atoms with E-state index < -0.39 is 6.10 Å². The highest BCUT2D eigenvalue weighted by Crippen LogP contribution is 2.39. The number of hydrogen-bond acceptors (Lipinski definition) is 3. The fraction of sp³-hybridized carbons (Fsp3) is 0.429. The maximum Gasteiger partial charge on any atom is 0.297 e. The zero-order valence-corrected chi connectivity index (χ0v) is 15.1. The molecule has 5 heteroatoms. The first-order valence-electron chi connectivity index (χ1n) is 9.12. The topological polar surface area (TPSA) is 55.6 Å². The Labute approximate surface area is 153 Å². The van der Waals surface area contributed by atoms with E-state index in [1.807, 2.05) is 18.2 Å². The van der Waals surface area contributed by atoms with Gasteiger partial charge in [-0.3, -0.25) is 0 Å². The van der Waals surface area contributed by atoms with Crippen molar-refractivity contribution in [1.82, 2.24) is 4.90 Å². The van der Waals surface area contributed by atoms with E-state index in [2.05, 4.69) is 4.90 Å². The molecule has 0 saturated carbocycles. The Balaban J connectivity index is 1.53. The molecule has 0 aromatic heterocycles. The third-order valence-corrected chi connectivity index (χ3v) is 5.28. The van der Waals surface area contributed by atoms with Crippen LogP contribution in [-0.4, -0.2) is 41.9 Å². The van der Waals surface area contributed by atoms with Crippen LogP contribution >= 0.6 is 0 Å². The minimum Gasteiger partial charge on any atom is -0.591 e. The van der Waals surface area contributed by atoms with Gasteiger partial charge in [0.1, 0.15) is 5.82 Å². The molecule has 0 aliphatic carbocycles. The van der Waals surface area contributed by atoms with Gasteiger partial charge in [0.05, 0.1) is 13.2 Å². The van der Waals surface area contributed by atoms with E-state index in [4.69, 9.17) is 9.84 Å². The molecule has 0 unspecified atom stereocenters. The van der Waals surface area contributed by atoms with E-state index in [1.54, 1.807) is 19.2 Å². The first kappa shape index (κ1) is 18.7. The summed E-state index contributed by atoms with van der Waals surface area (Å²) in [5.74, 6) is 0.753. The van der Waals surface area contributed by atoms with E-state index in [-0.39, 0.29) is 11.7 Å². The molecule has 1 fully saturated rings. The summed E-state index contributed by atoms with van der Waals surface area (Å²) in [5, 5.41) is 18.7. The Hall–Kier alpha value is -2.11. The van der Waals surface area contributed by atoms with Crippen molar-refractivity contribution >= 4 is 0 Å². The van der Waals surface area contributed by atoms with Crippen LogP contribution in [0.3, 0.4) is 0 Å². The highest BCUT2D eigenvalue weighted by atomic mass is 19.1. The van der Waals surface area contributed by atoms with Crippen molar-refractivity contribution in [1.29, 1.82) is 0 Å². The van der Waals surface area contributed by atoms with Crippen LogP contribution in [0.4, 0.5) is 4.39 Å². The van der Waals surface area contributed by atoms with Crippen molar-refractivity contribution in [2.75, 3.05) is 26.7 Å². The lowest BCUT2D eigenvalue weighted by atomic mass is 9.87. The van der Waals surface area contributed by atoms with Crippen LogP contribution in [0.1, 0.15) is 30.1 Å². The largest absolute Gasteiger partial charge is 0.591 e. The smallest absolute Gasteiger partial charge is 0.297 e. The van der Waals surface area contributed by atoms with Gasteiger partial charge in [0.15, 0.2) is 0 Å². The Kier molecular flexibility index (Phi) is 6.12. The van der Waals surface area contributed by atoms with Gasteiger partial charge in [0, 0.05) is 18.2 Å². The van der Waals surface area contributed by atoms with Gasteiger partial charge in [0.25, 0.3) is 5.75 Å². The number of para-hydroxylation sites is 1. The number of piperidine rings is 1. The molecule has 140 valence electrons. The number of ether oxygens (including phenoxy) is 1. The van der Waals surface area contributed by atoms with Crippen molar-refractivity contribution in [3.8, 4) is 11.5 Å². The summed E-state index contributed by atoms with van der Waals surface area (Å²) in [6, 6.07) is 12.0. The summed E-state index contributed by atoms with van der Waals surface area (Å²) in [6.45, 7) is 2.82. The van der Waals surface area contributed by atoms with Crippen LogP contribution in [0.2, 0.25) is 0 Å². The highest BCUT2D eigenvalue weighted by molar-refractivity contribution is 5.46. The summed E-state index contributed by atoms with van der Waals surface area (Å²) in [7, 11) is 1.54. The summed E-state index contributed by atoms with van der Waals surface area (Å²) < 4.78 is 18.3. The first-order valence-corrected chi connectivity index (χ1v) is 9.12. The predicted octanol–water partition coefficient (Wildman–Crippen LogP) is 3.26. The number of aliphatic hydroxyl groups excluding tert-OH is 1. The third kappa shape index (κ3) is 4.34. The molecule has 1 heterocycles. The van der Waals surface area contributed by atoms with Gasteiger partial charge in [-0.25, -0.2) is 4.39 Å². The van der Waals surface area contributed by atoms with Gasteiger partial charge in [-0.05, 0) is 56.0 Å². The Morgan fingerprint density at radius 1 is 1.19 bits per heavy atom. The molecule has 0 bridgehead atoms. The molecule has 1 aliphatic heterocycles. The molecule has 0 radical (unpaired) electrons. The lowest BCUT2D eigenvalue weighted by Crippen LogP contribution is -2.36. The summed E-state index contributed by atoms with van der Waals surface area (Å²) in [6.07, 6.45) is 2.13. The van der Waals surface area contributed by atoms with Gasteiger partial charge in [-0.1, -0.05) is 24.3 Å². The van der Waals surface area contributed by atoms with Crippen LogP contribution in [0.15, 0.2) is 42.5 Å². The monoisotopic (exact) mass is 360 g/mol. The molecule has 4 nitrogen and oxygen atoms in total. The van der Waals surface area contributed by atoms with Crippen molar-refractivity contribution < 1.29 is 19.3 Å². The number of nitrogens with zero attached hydrogens (tertiary/aromatic N) is 1. The van der Waals surface area contributed by atoms with Crippen LogP contribution in [0, 0.1) is 11.7 Å². The average molecular weight is 360 g/mol. The highest BCUT2D eigenvalue weighted by Gasteiger charge is 2.29. The van der Waals surface area contributed by atoms with Crippen molar-refractivity contribution in [3.05, 3.63) is 59.4 Å². The number of rotatable bonds is 6. The molecule has 1 aliphatic rings. The lowest BCUT2D eigenvalue weighted by molar-refractivity contribution is 0.0573. The SMILES string of the molecule is COc1c([OH2+])cccc1[C@H](O)C1CCN(CCc2ccc(F)cc2)CC1. The molecular formula is C21H27FNO3+. The average Bonchev–Trinajstić information content (AvgIpc) is 2.67. The van der Waals surface area contributed by atoms with E-state index >= 15 is 0 Å². The minimum absolute atomic E-state index is 0.174. The summed E-state index contributed by atoms with van der Waals surface area (Å²) in [5.41, 5.74) is 1.86. The quantitative estimate of drug-likeness (QED) is 0.805. The molecule has 2 aromatic carbocycles. The van der Waals surface area contributed by atoms with Crippen LogP contribution in [0.5, 0.6) is 11.5 Å². The van der Waals surface area contributed by atoms with Crippen LogP contribution in [0.25, 0.3) is 0 Å². The lowest BCUT2D eigenvalue weighted by Gasteiger charge is -2.34. The maximum atomic E-state index is 13.0. The molecule has 2 aromatic rings. The number of likely N-dealkylation sites (tertiary alicyclic amines) is 1. The van der Waals surface area contributed by atoms with E-state index in [0.29, 0.717) is 17.1 Å². The molecule has 3 rings (SSSR count). The second kappa shape index (κ2) is 8.52. The normalized spacial score (nSPS) is 17.2. The van der Waals surface area contributed by atoms with Gasteiger partial charge in [0.2, 0.25) is 5.75 Å². The summed E-state index contributed by atoms with van der Waals surface area (Å²) >= 11 is 0. The number of benzene rings is 2. The molecule has 3 N–H and O–H groups in total. The van der Waals surface area contributed by atoms with Gasteiger partial charge < -0.3 is 19.8 Å². The third-order valence-electron chi connectivity index (χ3n) is 5.28. The number of methoxy groups -OCH3 is 1. The molecule has 0 spiro atoms. The zero-order chi connectivity index (χ0) is 18.5. The van der Waals surface area contributed by atoms with Gasteiger partial charge >= 0.3 is 0 Å². The minimum atomic E-state index is -0.602. The predicted molar refractivity (Wildman–Crippen MR) is 100 cm³/mol. The first-order chi connectivity index (χ1) is 12.6. The maximum absolute atomic E-state index is 13.0. The number of hydrogen-bond donors (Lipinski definition) is 1. The number of halogens is 1. The Morgan fingerprint density at radius 3 is 2.54 bits per heavy atom. The van der Waals surface area contributed by atoms with Crippen LogP contribution in [-0.2, 0) is 6.42 Å². The van der Waals surface area contributed by atoms with Crippen molar-refractivity contribution in [2.24, 2.45) is 5.92 Å². The second-order valence-corrected chi connectivity index (χ2v) is 6.93. The second-order valence-electron chi connectivity index (χ2n) is 6.93. The Morgan fingerprint density at radius 2 is 1.88 bits per heavy atom. The molecular weight excluding hydrogens is 333 g/mol. The fourth-order valence-corrected chi connectivity index (χ4v) is 3.70. The Bertz CT molecular complexity index is 712. The number of aliphatic hydroxyl groups is 1. The standard InChI is InChI=1S/C21H26FNO3/c1-26-21-18(3-2-4-19(21)24)20(25)16-10-13-23(14-11-16)12-9-15-5-7-17(22)8-6-15/h2-8,16,20,24-25H,9-14H2,1H3/p+1/t20-/m1/s1.